The predicted molar refractivity (Wildman–Crippen MR) is 96.8 cm³/mol. The van der Waals surface area contributed by atoms with Gasteiger partial charge in [0.05, 0.1) is 12.2 Å². The third kappa shape index (κ3) is 15.0. The van der Waals surface area contributed by atoms with E-state index in [4.69, 9.17) is 0 Å². The normalized spacial score (nSPS) is 16.0. The molecule has 2 nitrogen and oxygen atoms in total. The lowest BCUT2D eigenvalue weighted by molar-refractivity contribution is 0.226. The molecule has 0 aromatic rings. The largest absolute Gasteiger partial charge is 0.389 e. The maximum absolute atomic E-state index is 9.73. The first-order chi connectivity index (χ1) is 10.7. The zero-order valence-corrected chi connectivity index (χ0v) is 14.1. The first-order valence-electron chi connectivity index (χ1n) is 8.38. The number of aliphatic hydroxyl groups excluding tert-OH is 2. The van der Waals surface area contributed by atoms with E-state index in [1.165, 1.54) is 12.8 Å². The maximum atomic E-state index is 9.73. The third-order valence-corrected chi connectivity index (χ3v) is 3.05. The number of unbranched alkanes of at least 4 members (excludes halogenated alkanes) is 2. The van der Waals surface area contributed by atoms with Crippen LogP contribution in [0.5, 0.6) is 0 Å². The highest BCUT2D eigenvalue weighted by molar-refractivity contribution is 5.13. The summed E-state index contributed by atoms with van der Waals surface area (Å²) in [4.78, 5) is 0. The minimum atomic E-state index is -0.435. The number of allylic oxidation sites excluding steroid dienone is 6. The summed E-state index contributed by atoms with van der Waals surface area (Å²) < 4.78 is 0. The molecule has 0 rings (SSSR count). The summed E-state index contributed by atoms with van der Waals surface area (Å²) in [5.41, 5.74) is 0. The Balaban J connectivity index is 3.85. The van der Waals surface area contributed by atoms with Gasteiger partial charge in [-0.1, -0.05) is 87.4 Å². The van der Waals surface area contributed by atoms with Gasteiger partial charge in [0, 0.05) is 0 Å². The van der Waals surface area contributed by atoms with E-state index in [-0.39, 0.29) is 0 Å². The number of aliphatic hydroxyl groups is 2. The Morgan fingerprint density at radius 2 is 1.27 bits per heavy atom. The first kappa shape index (κ1) is 20.6. The Bertz CT molecular complexity index is 375. The average Bonchev–Trinajstić information content (AvgIpc) is 2.50. The molecular formula is C20H32O2. The zero-order valence-electron chi connectivity index (χ0n) is 14.1. The molecule has 2 unspecified atom stereocenters. The van der Waals surface area contributed by atoms with Crippen molar-refractivity contribution < 1.29 is 10.2 Å². The van der Waals surface area contributed by atoms with Gasteiger partial charge in [-0.15, -0.1) is 0 Å². The molecule has 0 bridgehead atoms. The van der Waals surface area contributed by atoms with E-state index in [0.29, 0.717) is 12.8 Å². The second kappa shape index (κ2) is 16.0. The first-order valence-corrected chi connectivity index (χ1v) is 8.38. The molecule has 2 N–H and O–H groups in total. The molecular weight excluding hydrogens is 272 g/mol. The van der Waals surface area contributed by atoms with Crippen LogP contribution >= 0.6 is 0 Å². The van der Waals surface area contributed by atoms with E-state index >= 15 is 0 Å². The van der Waals surface area contributed by atoms with Crippen molar-refractivity contribution in [1.29, 1.82) is 0 Å². The molecule has 0 aliphatic heterocycles. The van der Waals surface area contributed by atoms with E-state index in [1.54, 1.807) is 12.2 Å². The molecule has 0 aromatic heterocycles. The van der Waals surface area contributed by atoms with Crippen molar-refractivity contribution >= 4 is 0 Å². The maximum Gasteiger partial charge on any atom is 0.0758 e. The van der Waals surface area contributed by atoms with Gasteiger partial charge in [-0.05, 0) is 25.7 Å². The predicted octanol–water partition coefficient (Wildman–Crippen LogP) is 4.87. The Morgan fingerprint density at radius 3 is 1.77 bits per heavy atom. The lowest BCUT2D eigenvalue weighted by atomic mass is 10.2. The van der Waals surface area contributed by atoms with Gasteiger partial charge < -0.3 is 10.2 Å². The van der Waals surface area contributed by atoms with E-state index < -0.39 is 12.2 Å². The lowest BCUT2D eigenvalue weighted by Crippen LogP contribution is -1.98. The summed E-state index contributed by atoms with van der Waals surface area (Å²) in [6, 6.07) is 0. The molecule has 22 heavy (non-hydrogen) atoms. The van der Waals surface area contributed by atoms with Crippen LogP contribution in [0.15, 0.2) is 60.8 Å². The SMILES string of the molecule is CCC=CCC(O)C=CC=CC=CC(O)CC=CCCCC. The molecule has 0 amide bonds. The van der Waals surface area contributed by atoms with Gasteiger partial charge in [-0.25, -0.2) is 0 Å². The van der Waals surface area contributed by atoms with Crippen molar-refractivity contribution in [2.45, 2.75) is 64.6 Å². The lowest BCUT2D eigenvalue weighted by Gasteiger charge is -1.99. The molecule has 0 saturated carbocycles. The van der Waals surface area contributed by atoms with Gasteiger partial charge in [-0.2, -0.15) is 0 Å². The fourth-order valence-corrected chi connectivity index (χ4v) is 1.75. The molecule has 0 aliphatic rings. The molecule has 0 spiro atoms. The fourth-order valence-electron chi connectivity index (χ4n) is 1.75. The molecule has 2 heteroatoms. The number of hydrogen-bond donors (Lipinski definition) is 2. The summed E-state index contributed by atoms with van der Waals surface area (Å²) in [6.45, 7) is 4.25. The van der Waals surface area contributed by atoms with E-state index in [1.807, 2.05) is 42.5 Å². The topological polar surface area (TPSA) is 40.5 Å². The van der Waals surface area contributed by atoms with Crippen molar-refractivity contribution in [2.75, 3.05) is 0 Å². The van der Waals surface area contributed by atoms with Crippen molar-refractivity contribution in [3.05, 3.63) is 60.8 Å². The van der Waals surface area contributed by atoms with E-state index in [9.17, 15) is 10.2 Å². The molecule has 0 fully saturated rings. The van der Waals surface area contributed by atoms with Crippen LogP contribution in [0.3, 0.4) is 0 Å². The zero-order chi connectivity index (χ0) is 16.5. The second-order valence-corrected chi connectivity index (χ2v) is 5.25. The van der Waals surface area contributed by atoms with Gasteiger partial charge in [0.2, 0.25) is 0 Å². The monoisotopic (exact) mass is 304 g/mol. The van der Waals surface area contributed by atoms with E-state index in [2.05, 4.69) is 19.9 Å². The van der Waals surface area contributed by atoms with Crippen LogP contribution in [0.4, 0.5) is 0 Å². The highest BCUT2D eigenvalue weighted by atomic mass is 16.3. The molecule has 124 valence electrons. The number of rotatable bonds is 12. The van der Waals surface area contributed by atoms with Crippen LogP contribution in [0.1, 0.15) is 52.4 Å². The van der Waals surface area contributed by atoms with Gasteiger partial charge in [0.15, 0.2) is 0 Å². The van der Waals surface area contributed by atoms with Crippen LogP contribution < -0.4 is 0 Å². The smallest absolute Gasteiger partial charge is 0.0758 e. The summed E-state index contributed by atoms with van der Waals surface area (Å²) in [5.74, 6) is 0. The molecule has 0 aromatic carbocycles. The highest BCUT2D eigenvalue weighted by Gasteiger charge is 1.93. The van der Waals surface area contributed by atoms with Crippen LogP contribution in [-0.2, 0) is 0 Å². The van der Waals surface area contributed by atoms with Gasteiger partial charge in [-0.3, -0.25) is 0 Å². The summed E-state index contributed by atoms with van der Waals surface area (Å²) in [5, 5.41) is 19.4. The third-order valence-electron chi connectivity index (χ3n) is 3.05. The molecule has 2 atom stereocenters. The van der Waals surface area contributed by atoms with Crippen molar-refractivity contribution in [3.63, 3.8) is 0 Å². The summed E-state index contributed by atoms with van der Waals surface area (Å²) in [7, 11) is 0. The standard InChI is InChI=1S/C20H32O2/c1-3-5-7-8-12-16-20(22)18-14-10-9-13-17-19(21)15-11-6-4-2/h6,8-14,17-22H,3-5,7,15-16H2,1-2H3. The van der Waals surface area contributed by atoms with Crippen LogP contribution in [0.25, 0.3) is 0 Å². The second-order valence-electron chi connectivity index (χ2n) is 5.25. The van der Waals surface area contributed by atoms with Crippen molar-refractivity contribution in [2.24, 2.45) is 0 Å². The molecule has 0 aliphatic carbocycles. The number of hydrogen-bond acceptors (Lipinski definition) is 2. The summed E-state index contributed by atoms with van der Waals surface area (Å²) >= 11 is 0. The van der Waals surface area contributed by atoms with E-state index in [0.717, 1.165) is 12.8 Å². The van der Waals surface area contributed by atoms with Gasteiger partial charge in [0.1, 0.15) is 0 Å². The van der Waals surface area contributed by atoms with Gasteiger partial charge >= 0.3 is 0 Å². The van der Waals surface area contributed by atoms with Crippen molar-refractivity contribution in [1.82, 2.24) is 0 Å². The Morgan fingerprint density at radius 1 is 0.727 bits per heavy atom. The van der Waals surface area contributed by atoms with Crippen molar-refractivity contribution in [3.8, 4) is 0 Å². The molecule has 0 heterocycles. The summed E-state index contributed by atoms with van der Waals surface area (Å²) in [6.07, 6.45) is 24.0. The highest BCUT2D eigenvalue weighted by Crippen LogP contribution is 2.00. The van der Waals surface area contributed by atoms with Crippen LogP contribution in [0, 0.1) is 0 Å². The Kier molecular flexibility index (Phi) is 15.0. The average molecular weight is 304 g/mol. The van der Waals surface area contributed by atoms with Crippen LogP contribution in [0.2, 0.25) is 0 Å². The minimum absolute atomic E-state index is 0.434. The molecule has 0 radical (unpaired) electrons. The fraction of sp³-hybridized carbons (Fsp3) is 0.500. The Labute approximate surface area is 136 Å². The minimum Gasteiger partial charge on any atom is -0.389 e. The quantitative estimate of drug-likeness (QED) is 0.307. The molecule has 0 saturated heterocycles. The van der Waals surface area contributed by atoms with Gasteiger partial charge in [0.25, 0.3) is 0 Å². The van der Waals surface area contributed by atoms with Crippen LogP contribution in [-0.4, -0.2) is 22.4 Å². The Hall–Kier alpha value is -1.38.